The van der Waals surface area contributed by atoms with Gasteiger partial charge >= 0.3 is 0 Å². The van der Waals surface area contributed by atoms with Crippen LogP contribution in [0.2, 0.25) is 0 Å². The molecule has 0 unspecified atom stereocenters. The largest absolute Gasteiger partial charge is 0.383 e. The molecule has 0 spiro atoms. The van der Waals surface area contributed by atoms with E-state index in [4.69, 9.17) is 10.7 Å². The first kappa shape index (κ1) is 14.5. The number of benzene rings is 2. The summed E-state index contributed by atoms with van der Waals surface area (Å²) in [5.41, 5.74) is 10.6. The Morgan fingerprint density at radius 1 is 0.885 bits per heavy atom. The third-order valence-electron chi connectivity index (χ3n) is 4.42. The van der Waals surface area contributed by atoms with E-state index in [1.807, 2.05) is 60.9 Å². The van der Waals surface area contributed by atoms with Gasteiger partial charge in [0.2, 0.25) is 0 Å². The maximum Gasteiger partial charge on any atom is 0.159 e. The predicted octanol–water partition coefficient (Wildman–Crippen LogP) is 3.82. The Morgan fingerprint density at radius 2 is 1.77 bits per heavy atom. The zero-order chi connectivity index (χ0) is 17.5. The molecule has 0 aliphatic carbocycles. The molecular formula is C20H14N6. The summed E-state index contributed by atoms with van der Waals surface area (Å²) in [6.07, 6.45) is 5.20. The highest BCUT2D eigenvalue weighted by Crippen LogP contribution is 2.32. The molecule has 26 heavy (non-hydrogen) atoms. The number of aromatic amines is 1. The second-order valence-electron chi connectivity index (χ2n) is 6.02. The summed E-state index contributed by atoms with van der Waals surface area (Å²) < 4.78 is 0. The molecule has 5 aromatic rings. The molecule has 124 valence electrons. The second kappa shape index (κ2) is 5.63. The fourth-order valence-electron chi connectivity index (χ4n) is 3.13. The van der Waals surface area contributed by atoms with Gasteiger partial charge in [0, 0.05) is 28.9 Å². The number of hydrogen-bond donors (Lipinski definition) is 2. The number of H-pyrrole nitrogens is 1. The molecule has 0 aliphatic heterocycles. The minimum Gasteiger partial charge on any atom is -0.383 e. The Bertz CT molecular complexity index is 1240. The number of fused-ring (bicyclic) bond motifs is 2. The fraction of sp³-hybridized carbons (Fsp3) is 0. The lowest BCUT2D eigenvalue weighted by atomic mass is 10.0. The second-order valence-corrected chi connectivity index (χ2v) is 6.02. The Hall–Kier alpha value is -3.80. The standard InChI is InChI=1S/C20H14N6/c21-18-17-15(10-23-20(17)25-11-24-18)13-6-7-14-9-22-19(26-16(14)8-13)12-4-2-1-3-5-12/h1-11H,(H3,21,23,24,25). The molecule has 3 N–H and O–H groups in total. The van der Waals surface area contributed by atoms with E-state index in [9.17, 15) is 0 Å². The van der Waals surface area contributed by atoms with Crippen LogP contribution < -0.4 is 5.73 Å². The van der Waals surface area contributed by atoms with Crippen molar-refractivity contribution in [3.8, 4) is 22.5 Å². The van der Waals surface area contributed by atoms with E-state index in [2.05, 4.69) is 19.9 Å². The van der Waals surface area contributed by atoms with Crippen molar-refractivity contribution < 1.29 is 0 Å². The van der Waals surface area contributed by atoms with Gasteiger partial charge in [-0.2, -0.15) is 0 Å². The van der Waals surface area contributed by atoms with Crippen molar-refractivity contribution in [3.05, 3.63) is 67.3 Å². The molecule has 6 nitrogen and oxygen atoms in total. The van der Waals surface area contributed by atoms with Gasteiger partial charge in [-0.1, -0.05) is 42.5 Å². The summed E-state index contributed by atoms with van der Waals surface area (Å²) in [7, 11) is 0. The van der Waals surface area contributed by atoms with Gasteiger partial charge in [0.1, 0.15) is 17.8 Å². The molecule has 0 fully saturated rings. The minimum atomic E-state index is 0.457. The Kier molecular flexibility index (Phi) is 3.15. The minimum absolute atomic E-state index is 0.457. The highest BCUT2D eigenvalue weighted by atomic mass is 15.0. The van der Waals surface area contributed by atoms with Gasteiger partial charge in [-0.3, -0.25) is 0 Å². The van der Waals surface area contributed by atoms with E-state index >= 15 is 0 Å². The number of anilines is 1. The first-order chi connectivity index (χ1) is 12.8. The van der Waals surface area contributed by atoms with Crippen LogP contribution in [0.15, 0.2) is 67.3 Å². The van der Waals surface area contributed by atoms with E-state index in [-0.39, 0.29) is 0 Å². The van der Waals surface area contributed by atoms with Crippen molar-refractivity contribution in [3.63, 3.8) is 0 Å². The highest BCUT2D eigenvalue weighted by Gasteiger charge is 2.12. The average molecular weight is 338 g/mol. The van der Waals surface area contributed by atoms with Crippen LogP contribution in [0.25, 0.3) is 44.5 Å². The summed E-state index contributed by atoms with van der Waals surface area (Å²) in [6.45, 7) is 0. The van der Waals surface area contributed by atoms with Crippen LogP contribution in [0.3, 0.4) is 0 Å². The molecule has 0 saturated carbocycles. The molecule has 3 aromatic heterocycles. The van der Waals surface area contributed by atoms with Crippen LogP contribution in [0.4, 0.5) is 5.82 Å². The molecule has 2 aromatic carbocycles. The molecule has 0 aliphatic rings. The summed E-state index contributed by atoms with van der Waals surface area (Å²) >= 11 is 0. The van der Waals surface area contributed by atoms with Gasteiger partial charge < -0.3 is 10.7 Å². The number of hydrogen-bond acceptors (Lipinski definition) is 5. The topological polar surface area (TPSA) is 93.4 Å². The van der Waals surface area contributed by atoms with Crippen LogP contribution in [-0.4, -0.2) is 24.9 Å². The molecule has 0 amide bonds. The maximum absolute atomic E-state index is 6.05. The van der Waals surface area contributed by atoms with E-state index in [0.29, 0.717) is 11.6 Å². The van der Waals surface area contributed by atoms with E-state index in [0.717, 1.165) is 38.6 Å². The van der Waals surface area contributed by atoms with Gasteiger partial charge in [-0.25, -0.2) is 19.9 Å². The Morgan fingerprint density at radius 3 is 2.65 bits per heavy atom. The predicted molar refractivity (Wildman–Crippen MR) is 102 cm³/mol. The van der Waals surface area contributed by atoms with E-state index in [1.54, 1.807) is 0 Å². The van der Waals surface area contributed by atoms with Crippen LogP contribution in [0.1, 0.15) is 0 Å². The highest BCUT2D eigenvalue weighted by molar-refractivity contribution is 6.01. The SMILES string of the molecule is Nc1ncnc2[nH]cc(-c3ccc4cnc(-c5ccccc5)nc4c3)c12. The van der Waals surface area contributed by atoms with E-state index in [1.165, 1.54) is 6.33 Å². The molecule has 6 heteroatoms. The van der Waals surface area contributed by atoms with Crippen LogP contribution in [0, 0.1) is 0 Å². The number of nitrogens with one attached hydrogen (secondary N) is 1. The number of nitrogen functional groups attached to an aromatic ring is 1. The summed E-state index contributed by atoms with van der Waals surface area (Å²) in [5.74, 6) is 1.16. The van der Waals surface area contributed by atoms with Crippen LogP contribution in [0.5, 0.6) is 0 Å². The summed E-state index contributed by atoms with van der Waals surface area (Å²) in [5, 5.41) is 1.81. The summed E-state index contributed by atoms with van der Waals surface area (Å²) in [4.78, 5) is 20.7. The summed E-state index contributed by atoms with van der Waals surface area (Å²) in [6, 6.07) is 16.0. The van der Waals surface area contributed by atoms with Gasteiger partial charge in [0.15, 0.2) is 5.82 Å². The van der Waals surface area contributed by atoms with Gasteiger partial charge in [0.05, 0.1) is 10.9 Å². The quantitative estimate of drug-likeness (QED) is 0.510. The monoisotopic (exact) mass is 338 g/mol. The van der Waals surface area contributed by atoms with Crippen molar-refractivity contribution in [1.82, 2.24) is 24.9 Å². The van der Waals surface area contributed by atoms with Crippen molar-refractivity contribution >= 4 is 27.8 Å². The van der Waals surface area contributed by atoms with Crippen molar-refractivity contribution in [2.75, 3.05) is 5.73 Å². The van der Waals surface area contributed by atoms with Crippen molar-refractivity contribution in [1.29, 1.82) is 0 Å². The lowest BCUT2D eigenvalue weighted by Crippen LogP contribution is -1.93. The lowest BCUT2D eigenvalue weighted by Gasteiger charge is -2.05. The molecule has 0 radical (unpaired) electrons. The molecule has 0 atom stereocenters. The fourth-order valence-corrected chi connectivity index (χ4v) is 3.13. The molecular weight excluding hydrogens is 324 g/mol. The van der Waals surface area contributed by atoms with Gasteiger partial charge in [-0.05, 0) is 11.6 Å². The zero-order valence-corrected chi connectivity index (χ0v) is 13.7. The van der Waals surface area contributed by atoms with Gasteiger partial charge in [0.25, 0.3) is 0 Å². The van der Waals surface area contributed by atoms with Gasteiger partial charge in [-0.15, -0.1) is 0 Å². The van der Waals surface area contributed by atoms with Crippen LogP contribution >= 0.6 is 0 Å². The zero-order valence-electron chi connectivity index (χ0n) is 13.7. The lowest BCUT2D eigenvalue weighted by molar-refractivity contribution is 1.21. The molecule has 5 rings (SSSR count). The average Bonchev–Trinajstić information content (AvgIpc) is 3.13. The third-order valence-corrected chi connectivity index (χ3v) is 4.42. The number of nitrogens with two attached hydrogens (primary N) is 1. The van der Waals surface area contributed by atoms with Crippen molar-refractivity contribution in [2.24, 2.45) is 0 Å². The number of aromatic nitrogens is 5. The number of rotatable bonds is 2. The maximum atomic E-state index is 6.05. The Balaban J connectivity index is 1.69. The first-order valence-electron chi connectivity index (χ1n) is 8.20. The molecule has 0 bridgehead atoms. The smallest absolute Gasteiger partial charge is 0.159 e. The van der Waals surface area contributed by atoms with E-state index < -0.39 is 0 Å². The third kappa shape index (κ3) is 2.28. The Labute approximate surface area is 148 Å². The normalized spacial score (nSPS) is 11.2. The van der Waals surface area contributed by atoms with Crippen LogP contribution in [-0.2, 0) is 0 Å². The number of nitrogens with zero attached hydrogens (tertiary/aromatic N) is 4. The molecule has 3 heterocycles. The van der Waals surface area contributed by atoms with Crippen molar-refractivity contribution in [2.45, 2.75) is 0 Å². The first-order valence-corrected chi connectivity index (χ1v) is 8.20. The molecule has 0 saturated heterocycles.